The van der Waals surface area contributed by atoms with Gasteiger partial charge in [-0.2, -0.15) is 0 Å². The van der Waals surface area contributed by atoms with Crippen molar-refractivity contribution in [3.8, 4) is 11.6 Å². The van der Waals surface area contributed by atoms with Crippen LogP contribution in [0.2, 0.25) is 0 Å². The molecule has 1 aromatic heterocycles. The maximum atomic E-state index is 11.5. The molecule has 0 saturated carbocycles. The number of anilines is 2. The summed E-state index contributed by atoms with van der Waals surface area (Å²) >= 11 is 0. The third-order valence-corrected chi connectivity index (χ3v) is 2.54. The lowest BCUT2D eigenvalue weighted by Crippen LogP contribution is -2.07. The van der Waals surface area contributed by atoms with E-state index in [0.29, 0.717) is 23.1 Å². The summed E-state index contributed by atoms with van der Waals surface area (Å²) in [5, 5.41) is 5.65. The van der Waals surface area contributed by atoms with Crippen molar-refractivity contribution in [3.05, 3.63) is 48.8 Å². The molecule has 0 aliphatic rings. The van der Waals surface area contributed by atoms with Crippen molar-refractivity contribution in [1.82, 2.24) is 9.97 Å². The molecular weight excluding hydrogens is 268 g/mol. The van der Waals surface area contributed by atoms with Gasteiger partial charge < -0.3 is 15.4 Å². The molecule has 2 N–H and O–H groups in total. The summed E-state index contributed by atoms with van der Waals surface area (Å²) in [5.74, 6) is 1.48. The Kier molecular flexibility index (Phi) is 4.87. The number of benzene rings is 1. The van der Waals surface area contributed by atoms with Crippen LogP contribution >= 0.6 is 0 Å². The Balaban J connectivity index is 2.11. The number of carbonyl (C=O) groups excluding carboxylic acids is 1. The molecule has 0 aliphatic carbocycles. The molecule has 1 aromatic carbocycles. The van der Waals surface area contributed by atoms with Crippen LogP contribution in [0, 0.1) is 0 Å². The van der Waals surface area contributed by atoms with Crippen molar-refractivity contribution in [2.24, 2.45) is 0 Å². The van der Waals surface area contributed by atoms with Crippen LogP contribution in [0.4, 0.5) is 11.5 Å². The van der Waals surface area contributed by atoms with Gasteiger partial charge in [-0.3, -0.25) is 4.79 Å². The topological polar surface area (TPSA) is 76.1 Å². The summed E-state index contributed by atoms with van der Waals surface area (Å²) in [5.41, 5.74) is 0.651. The molecule has 0 radical (unpaired) electrons. The molecule has 6 heteroatoms. The Morgan fingerprint density at radius 2 is 2.14 bits per heavy atom. The molecular formula is C15H16N4O2. The van der Waals surface area contributed by atoms with E-state index in [4.69, 9.17) is 4.74 Å². The van der Waals surface area contributed by atoms with Crippen LogP contribution in [0.25, 0.3) is 0 Å². The normalized spacial score (nSPS) is 10.4. The number of amides is 1. The van der Waals surface area contributed by atoms with E-state index >= 15 is 0 Å². The fourth-order valence-electron chi connectivity index (χ4n) is 1.63. The monoisotopic (exact) mass is 284 g/mol. The van der Waals surface area contributed by atoms with Gasteiger partial charge in [0.05, 0.1) is 0 Å². The molecule has 0 aliphatic heterocycles. The quantitative estimate of drug-likeness (QED) is 0.826. The van der Waals surface area contributed by atoms with Crippen LogP contribution in [0.15, 0.2) is 48.8 Å². The molecule has 2 aromatic rings. The van der Waals surface area contributed by atoms with Crippen LogP contribution in [0.3, 0.4) is 0 Å². The zero-order valence-corrected chi connectivity index (χ0v) is 11.8. The minimum absolute atomic E-state index is 0.186. The van der Waals surface area contributed by atoms with Gasteiger partial charge in [-0.05, 0) is 25.1 Å². The van der Waals surface area contributed by atoms with Gasteiger partial charge in [0.15, 0.2) is 0 Å². The molecule has 108 valence electrons. The van der Waals surface area contributed by atoms with E-state index in [-0.39, 0.29) is 5.91 Å². The highest BCUT2D eigenvalue weighted by molar-refractivity contribution is 5.99. The van der Waals surface area contributed by atoms with Gasteiger partial charge in [-0.15, -0.1) is 0 Å². The van der Waals surface area contributed by atoms with E-state index < -0.39 is 0 Å². The predicted octanol–water partition coefficient (Wildman–Crippen LogP) is 2.83. The number of carbonyl (C=O) groups is 1. The number of hydrogen-bond acceptors (Lipinski definition) is 5. The summed E-state index contributed by atoms with van der Waals surface area (Å²) < 4.78 is 5.64. The van der Waals surface area contributed by atoms with Gasteiger partial charge in [-0.1, -0.05) is 12.1 Å². The lowest BCUT2D eigenvalue weighted by atomic mass is 10.3. The first-order chi connectivity index (χ1) is 10.2. The number of hydrogen-bond donors (Lipinski definition) is 2. The van der Waals surface area contributed by atoms with E-state index in [1.807, 2.05) is 0 Å². The van der Waals surface area contributed by atoms with Crippen LogP contribution in [0.1, 0.15) is 6.92 Å². The lowest BCUT2D eigenvalue weighted by molar-refractivity contribution is -0.111. The van der Waals surface area contributed by atoms with Crippen molar-refractivity contribution in [2.45, 2.75) is 6.92 Å². The minimum atomic E-state index is -0.186. The van der Waals surface area contributed by atoms with Crippen LogP contribution < -0.4 is 15.4 Å². The molecule has 0 bridgehead atoms. The molecule has 0 unspecified atom stereocenters. The molecule has 6 nitrogen and oxygen atoms in total. The Bertz CT molecular complexity index is 656. The zero-order chi connectivity index (χ0) is 15.1. The molecule has 1 amide bonds. The van der Waals surface area contributed by atoms with E-state index in [1.54, 1.807) is 50.4 Å². The first kappa shape index (κ1) is 14.5. The Morgan fingerprint density at radius 3 is 2.90 bits per heavy atom. The minimum Gasteiger partial charge on any atom is -0.439 e. The molecule has 21 heavy (non-hydrogen) atoms. The van der Waals surface area contributed by atoms with E-state index in [1.165, 1.54) is 12.4 Å². The highest BCUT2D eigenvalue weighted by Gasteiger charge is 2.03. The molecule has 0 fully saturated rings. The van der Waals surface area contributed by atoms with Crippen molar-refractivity contribution in [2.75, 3.05) is 17.7 Å². The fraction of sp³-hybridized carbons (Fsp3) is 0.133. The van der Waals surface area contributed by atoms with Crippen molar-refractivity contribution < 1.29 is 9.53 Å². The molecule has 0 atom stereocenters. The van der Waals surface area contributed by atoms with Crippen LogP contribution in [-0.2, 0) is 4.79 Å². The van der Waals surface area contributed by atoms with Gasteiger partial charge in [0.2, 0.25) is 11.8 Å². The van der Waals surface area contributed by atoms with E-state index in [0.717, 1.165) is 0 Å². The Hall–Kier alpha value is -2.89. The van der Waals surface area contributed by atoms with Gasteiger partial charge >= 0.3 is 0 Å². The summed E-state index contributed by atoms with van der Waals surface area (Å²) in [4.78, 5) is 19.5. The van der Waals surface area contributed by atoms with Gasteiger partial charge in [0.25, 0.3) is 0 Å². The van der Waals surface area contributed by atoms with E-state index in [9.17, 15) is 4.79 Å². The largest absolute Gasteiger partial charge is 0.439 e. The van der Waals surface area contributed by atoms with E-state index in [2.05, 4.69) is 20.6 Å². The zero-order valence-electron chi connectivity index (χ0n) is 11.8. The average Bonchev–Trinajstić information content (AvgIpc) is 2.48. The number of allylic oxidation sites excluding steroid dienone is 1. The SMILES string of the molecule is CC=CC(=O)Nc1cccc(Oc2cc(NC)ncn2)c1. The number of aromatic nitrogens is 2. The second-order valence-electron chi connectivity index (χ2n) is 4.11. The third-order valence-electron chi connectivity index (χ3n) is 2.54. The van der Waals surface area contributed by atoms with Gasteiger partial charge in [0.1, 0.15) is 17.9 Å². The van der Waals surface area contributed by atoms with Gasteiger partial charge in [0, 0.05) is 24.9 Å². The summed E-state index contributed by atoms with van der Waals surface area (Å²) in [7, 11) is 1.77. The summed E-state index contributed by atoms with van der Waals surface area (Å²) in [6.45, 7) is 1.79. The number of ether oxygens (including phenoxy) is 1. The van der Waals surface area contributed by atoms with Crippen molar-refractivity contribution in [3.63, 3.8) is 0 Å². The van der Waals surface area contributed by atoms with Gasteiger partial charge in [-0.25, -0.2) is 9.97 Å². The Labute approximate surface area is 122 Å². The highest BCUT2D eigenvalue weighted by Crippen LogP contribution is 2.23. The maximum Gasteiger partial charge on any atom is 0.248 e. The first-order valence-electron chi connectivity index (χ1n) is 6.42. The van der Waals surface area contributed by atoms with Crippen molar-refractivity contribution in [1.29, 1.82) is 0 Å². The second kappa shape index (κ2) is 7.04. The Morgan fingerprint density at radius 1 is 1.29 bits per heavy atom. The molecule has 0 spiro atoms. The third kappa shape index (κ3) is 4.31. The molecule has 0 saturated heterocycles. The maximum absolute atomic E-state index is 11.5. The smallest absolute Gasteiger partial charge is 0.248 e. The first-order valence-corrected chi connectivity index (χ1v) is 6.42. The average molecular weight is 284 g/mol. The predicted molar refractivity (Wildman–Crippen MR) is 81.5 cm³/mol. The standard InChI is InChI=1S/C15H16N4O2/c1-3-5-14(20)19-11-6-4-7-12(8-11)21-15-9-13(16-2)17-10-18-15/h3-10H,1-2H3,(H,19,20)(H,16,17,18). The number of nitrogens with one attached hydrogen (secondary N) is 2. The number of nitrogens with zero attached hydrogens (tertiary/aromatic N) is 2. The fourth-order valence-corrected chi connectivity index (χ4v) is 1.63. The number of rotatable bonds is 5. The molecule has 2 rings (SSSR count). The summed E-state index contributed by atoms with van der Waals surface area (Å²) in [6.07, 6.45) is 4.55. The second-order valence-corrected chi connectivity index (χ2v) is 4.11. The lowest BCUT2D eigenvalue weighted by Gasteiger charge is -2.08. The van der Waals surface area contributed by atoms with Crippen molar-refractivity contribution >= 4 is 17.4 Å². The summed E-state index contributed by atoms with van der Waals surface area (Å²) in [6, 6.07) is 8.77. The molecule has 1 heterocycles. The van der Waals surface area contributed by atoms with Crippen LogP contribution in [-0.4, -0.2) is 22.9 Å². The highest BCUT2D eigenvalue weighted by atomic mass is 16.5. The van der Waals surface area contributed by atoms with Crippen LogP contribution in [0.5, 0.6) is 11.6 Å².